The Balaban J connectivity index is 2.17. The summed E-state index contributed by atoms with van der Waals surface area (Å²) in [5.74, 6) is 0.791. The molecule has 0 fully saturated rings. The van der Waals surface area contributed by atoms with Gasteiger partial charge in [-0.2, -0.15) is 0 Å². The van der Waals surface area contributed by atoms with Gasteiger partial charge in [-0.25, -0.2) is 0 Å². The molecule has 0 radical (unpaired) electrons. The predicted octanol–water partition coefficient (Wildman–Crippen LogP) is 10.3. The molecule has 6 heteroatoms. The number of benzene rings is 3. The Kier molecular flexibility index (Phi) is 14.1. The van der Waals surface area contributed by atoms with Gasteiger partial charge in [0.25, 0.3) is 0 Å². The van der Waals surface area contributed by atoms with Gasteiger partial charge in [0, 0.05) is 0 Å². The van der Waals surface area contributed by atoms with Crippen molar-refractivity contribution >= 4 is 16.6 Å². The molecule has 2 atom stereocenters. The molecule has 0 aliphatic heterocycles. The standard InChI is InChI=1S/C38H56O4Si2/c1-9-43(10-2,11-3)40-31-30-36(39-8)37(42-44(12-4,13-5)14-6)32(7)41-38(33-24-18-15-19-25-33,34-26-20-16-21-27-34)35-28-22-17-23-29-35/h15-30,32,37H,9-14,31H2,1-8H3/b36-30-/t32-,37+/m0/s1. The highest BCUT2D eigenvalue weighted by atomic mass is 28.4. The molecule has 44 heavy (non-hydrogen) atoms. The van der Waals surface area contributed by atoms with Crippen molar-refractivity contribution in [1.29, 1.82) is 0 Å². The van der Waals surface area contributed by atoms with Crippen LogP contribution in [0.5, 0.6) is 0 Å². The molecule has 0 amide bonds. The summed E-state index contributed by atoms with van der Waals surface area (Å²) in [7, 11) is -2.07. The van der Waals surface area contributed by atoms with Gasteiger partial charge in [-0.05, 0) is 66.0 Å². The van der Waals surface area contributed by atoms with E-state index in [4.69, 9.17) is 18.3 Å². The van der Waals surface area contributed by atoms with Crippen LogP contribution in [-0.2, 0) is 23.9 Å². The molecule has 4 nitrogen and oxygen atoms in total. The SMILES string of the molecule is CC[Si](CC)(CC)OC/C=C(\OC)[C@H](O[Si](CC)(CC)CC)[C@H](C)OC(c1ccccc1)(c1ccccc1)c1ccccc1. The molecule has 0 N–H and O–H groups in total. The molecule has 0 aliphatic carbocycles. The molecule has 0 saturated heterocycles. The highest BCUT2D eigenvalue weighted by Gasteiger charge is 2.43. The van der Waals surface area contributed by atoms with Gasteiger partial charge < -0.3 is 18.3 Å². The van der Waals surface area contributed by atoms with E-state index in [9.17, 15) is 0 Å². The van der Waals surface area contributed by atoms with E-state index >= 15 is 0 Å². The highest BCUT2D eigenvalue weighted by Crippen LogP contribution is 2.43. The normalized spacial score (nSPS) is 14.3. The summed E-state index contributed by atoms with van der Waals surface area (Å²) < 4.78 is 27.6. The molecule has 0 unspecified atom stereocenters. The first-order valence-electron chi connectivity index (χ1n) is 16.7. The Hall–Kier alpha value is -2.49. The molecule has 3 aromatic rings. The lowest BCUT2D eigenvalue weighted by molar-refractivity contribution is -0.0888. The van der Waals surface area contributed by atoms with Crippen LogP contribution in [0.15, 0.2) is 103 Å². The predicted molar refractivity (Wildman–Crippen MR) is 190 cm³/mol. The van der Waals surface area contributed by atoms with Gasteiger partial charge in [0.1, 0.15) is 17.5 Å². The zero-order valence-corrected chi connectivity index (χ0v) is 30.5. The van der Waals surface area contributed by atoms with E-state index in [-0.39, 0.29) is 12.2 Å². The van der Waals surface area contributed by atoms with E-state index in [2.05, 4.69) is 146 Å². The zero-order chi connectivity index (χ0) is 32.1. The Morgan fingerprint density at radius 3 is 1.36 bits per heavy atom. The first-order chi connectivity index (χ1) is 21.3. The van der Waals surface area contributed by atoms with Crippen LogP contribution in [-0.4, -0.2) is 42.6 Å². The van der Waals surface area contributed by atoms with Gasteiger partial charge in [0.15, 0.2) is 16.6 Å². The minimum Gasteiger partial charge on any atom is -0.499 e. The average Bonchev–Trinajstić information content (AvgIpc) is 3.10. The van der Waals surface area contributed by atoms with Crippen molar-refractivity contribution in [2.75, 3.05) is 13.7 Å². The molecular weight excluding hydrogens is 577 g/mol. The summed E-state index contributed by atoms with van der Waals surface area (Å²) in [5, 5.41) is 0. The van der Waals surface area contributed by atoms with Crippen molar-refractivity contribution in [2.45, 2.75) is 103 Å². The summed E-state index contributed by atoms with van der Waals surface area (Å²) in [4.78, 5) is 0. The van der Waals surface area contributed by atoms with Crippen LogP contribution in [0.3, 0.4) is 0 Å². The van der Waals surface area contributed by atoms with Gasteiger partial charge >= 0.3 is 0 Å². The Morgan fingerprint density at radius 2 is 1.02 bits per heavy atom. The van der Waals surface area contributed by atoms with E-state index in [1.807, 2.05) is 0 Å². The Labute approximate surface area is 270 Å². The number of hydrogen-bond acceptors (Lipinski definition) is 4. The maximum absolute atomic E-state index is 7.48. The number of rotatable bonds is 19. The first-order valence-corrected chi connectivity index (χ1v) is 21.8. The molecule has 0 bridgehead atoms. The number of methoxy groups -OCH3 is 1. The summed E-state index contributed by atoms with van der Waals surface area (Å²) in [5.41, 5.74) is 2.36. The van der Waals surface area contributed by atoms with Crippen LogP contribution in [0, 0.1) is 0 Å². The second-order valence-electron chi connectivity index (χ2n) is 11.7. The summed E-state index contributed by atoms with van der Waals surface area (Å²) >= 11 is 0. The molecule has 240 valence electrons. The largest absolute Gasteiger partial charge is 0.499 e. The van der Waals surface area contributed by atoms with E-state index in [0.29, 0.717) is 6.61 Å². The Bertz CT molecular complexity index is 1130. The molecule has 0 aliphatic rings. The molecule has 0 aromatic heterocycles. The lowest BCUT2D eigenvalue weighted by Crippen LogP contribution is -2.48. The summed E-state index contributed by atoms with van der Waals surface area (Å²) in [6.45, 7) is 16.3. The van der Waals surface area contributed by atoms with Crippen molar-refractivity contribution in [3.05, 3.63) is 120 Å². The van der Waals surface area contributed by atoms with Crippen LogP contribution in [0.4, 0.5) is 0 Å². The first kappa shape index (κ1) is 36.0. The van der Waals surface area contributed by atoms with Crippen molar-refractivity contribution in [1.82, 2.24) is 0 Å². The second-order valence-corrected chi connectivity index (χ2v) is 21.2. The van der Waals surface area contributed by atoms with Crippen molar-refractivity contribution in [3.63, 3.8) is 0 Å². The van der Waals surface area contributed by atoms with Gasteiger partial charge in [-0.15, -0.1) is 0 Å². The van der Waals surface area contributed by atoms with Crippen molar-refractivity contribution in [3.8, 4) is 0 Å². The number of hydrogen-bond donors (Lipinski definition) is 0. The van der Waals surface area contributed by atoms with Crippen LogP contribution >= 0.6 is 0 Å². The van der Waals surface area contributed by atoms with Crippen LogP contribution in [0.2, 0.25) is 36.3 Å². The monoisotopic (exact) mass is 632 g/mol. The van der Waals surface area contributed by atoms with E-state index in [1.165, 1.54) is 0 Å². The van der Waals surface area contributed by atoms with Gasteiger partial charge in [-0.3, -0.25) is 0 Å². The molecule has 0 spiro atoms. The molecule has 3 aromatic carbocycles. The smallest absolute Gasteiger partial charge is 0.193 e. The van der Waals surface area contributed by atoms with Gasteiger partial charge in [0.05, 0.1) is 19.8 Å². The second kappa shape index (κ2) is 17.3. The third-order valence-electron chi connectivity index (χ3n) is 9.76. The van der Waals surface area contributed by atoms with Crippen molar-refractivity contribution in [2.24, 2.45) is 0 Å². The maximum atomic E-state index is 7.48. The highest BCUT2D eigenvalue weighted by molar-refractivity contribution is 6.74. The van der Waals surface area contributed by atoms with Crippen molar-refractivity contribution < 1.29 is 18.3 Å². The molecule has 0 saturated carbocycles. The van der Waals surface area contributed by atoms with Crippen LogP contribution in [0.1, 0.15) is 65.2 Å². The fraction of sp³-hybridized carbons (Fsp3) is 0.474. The van der Waals surface area contributed by atoms with Gasteiger partial charge in [-0.1, -0.05) is 133 Å². The fourth-order valence-corrected chi connectivity index (χ4v) is 11.8. The van der Waals surface area contributed by atoms with E-state index in [0.717, 1.165) is 58.7 Å². The summed E-state index contributed by atoms with van der Waals surface area (Å²) in [6.07, 6.45) is 1.39. The number of ether oxygens (including phenoxy) is 2. The third-order valence-corrected chi connectivity index (χ3v) is 19.0. The van der Waals surface area contributed by atoms with E-state index in [1.54, 1.807) is 7.11 Å². The topological polar surface area (TPSA) is 36.9 Å². The minimum absolute atomic E-state index is 0.344. The fourth-order valence-electron chi connectivity index (χ4n) is 6.39. The lowest BCUT2D eigenvalue weighted by Gasteiger charge is -2.42. The molecule has 0 heterocycles. The summed E-state index contributed by atoms with van der Waals surface area (Å²) in [6, 6.07) is 38.1. The lowest BCUT2D eigenvalue weighted by atomic mass is 9.79. The van der Waals surface area contributed by atoms with Crippen LogP contribution in [0.25, 0.3) is 0 Å². The average molecular weight is 633 g/mol. The minimum atomic E-state index is -2.06. The molecule has 3 rings (SSSR count). The van der Waals surface area contributed by atoms with Gasteiger partial charge in [0.2, 0.25) is 0 Å². The van der Waals surface area contributed by atoms with E-state index < -0.39 is 22.2 Å². The van der Waals surface area contributed by atoms with Crippen LogP contribution < -0.4 is 0 Å². The molecular formula is C38H56O4Si2. The zero-order valence-electron chi connectivity index (χ0n) is 28.5. The Morgan fingerprint density at radius 1 is 0.636 bits per heavy atom. The quantitative estimate of drug-likeness (QED) is 0.0749. The maximum Gasteiger partial charge on any atom is 0.193 e. The third kappa shape index (κ3) is 8.21.